The van der Waals surface area contributed by atoms with Gasteiger partial charge in [-0.05, 0) is 35.4 Å². The van der Waals surface area contributed by atoms with E-state index in [2.05, 4.69) is 10.6 Å². The topological polar surface area (TPSA) is 63.1 Å². The van der Waals surface area contributed by atoms with Crippen LogP contribution in [0.5, 0.6) is 0 Å². The highest BCUT2D eigenvalue weighted by Crippen LogP contribution is 2.14. The van der Waals surface area contributed by atoms with Gasteiger partial charge in [-0.2, -0.15) is 0 Å². The highest BCUT2D eigenvalue weighted by Gasteiger charge is 2.03. The van der Waals surface area contributed by atoms with E-state index in [0.29, 0.717) is 23.8 Å². The lowest BCUT2D eigenvalue weighted by atomic mass is 10.1. The Hall–Kier alpha value is -3.05. The zero-order chi connectivity index (χ0) is 18.4. The number of amides is 2. The zero-order valence-corrected chi connectivity index (χ0v) is 14.7. The van der Waals surface area contributed by atoms with Crippen molar-refractivity contribution in [1.29, 1.82) is 0 Å². The smallest absolute Gasteiger partial charge is 0.319 e. The Kier molecular flexibility index (Phi) is 5.71. The van der Waals surface area contributed by atoms with Gasteiger partial charge in [-0.15, -0.1) is 0 Å². The number of hydrogen-bond donors (Lipinski definition) is 2. The molecule has 0 unspecified atom stereocenters. The third kappa shape index (κ3) is 4.97. The van der Waals surface area contributed by atoms with Crippen LogP contribution in [0.2, 0.25) is 5.02 Å². The van der Waals surface area contributed by atoms with Gasteiger partial charge in [0.1, 0.15) is 0 Å². The fraction of sp³-hybridized carbons (Fsp3) is 0.100. The number of anilines is 1. The van der Waals surface area contributed by atoms with E-state index in [1.165, 1.54) is 6.07 Å². The Labute approximate surface area is 156 Å². The minimum Gasteiger partial charge on any atom is -0.334 e. The minimum absolute atomic E-state index is 0.0315. The molecule has 0 radical (unpaired) electrons. The van der Waals surface area contributed by atoms with Gasteiger partial charge >= 0.3 is 6.03 Å². The van der Waals surface area contributed by atoms with Crippen molar-refractivity contribution >= 4 is 23.3 Å². The summed E-state index contributed by atoms with van der Waals surface area (Å²) in [6, 6.07) is 19.5. The van der Waals surface area contributed by atoms with E-state index < -0.39 is 0 Å². The first kappa shape index (κ1) is 17.8. The first-order valence-corrected chi connectivity index (χ1v) is 8.52. The van der Waals surface area contributed by atoms with Gasteiger partial charge in [0.2, 0.25) is 0 Å². The van der Waals surface area contributed by atoms with E-state index in [-0.39, 0.29) is 11.6 Å². The molecule has 0 aliphatic carbocycles. The summed E-state index contributed by atoms with van der Waals surface area (Å²) in [4.78, 5) is 23.7. The molecule has 0 bridgehead atoms. The average Bonchev–Trinajstić information content (AvgIpc) is 2.63. The summed E-state index contributed by atoms with van der Waals surface area (Å²) in [6.45, 7) is 0.917. The zero-order valence-electron chi connectivity index (χ0n) is 14.0. The molecule has 0 spiro atoms. The molecular weight excluding hydrogens is 350 g/mol. The predicted octanol–water partition coefficient (Wildman–Crippen LogP) is 3.87. The van der Waals surface area contributed by atoms with E-state index in [4.69, 9.17) is 11.6 Å². The van der Waals surface area contributed by atoms with Gasteiger partial charge in [0.05, 0.1) is 6.54 Å². The molecule has 2 N–H and O–H groups in total. The fourth-order valence-corrected chi connectivity index (χ4v) is 2.66. The average molecular weight is 368 g/mol. The molecule has 1 heterocycles. The molecule has 0 fully saturated rings. The van der Waals surface area contributed by atoms with E-state index in [0.717, 1.165) is 11.1 Å². The van der Waals surface area contributed by atoms with E-state index >= 15 is 0 Å². The molecule has 26 heavy (non-hydrogen) atoms. The Morgan fingerprint density at radius 3 is 2.46 bits per heavy atom. The lowest BCUT2D eigenvalue weighted by molar-refractivity contribution is 0.251. The largest absolute Gasteiger partial charge is 0.334 e. The third-order valence-corrected chi connectivity index (χ3v) is 4.05. The second-order valence-corrected chi connectivity index (χ2v) is 6.24. The second kappa shape index (κ2) is 8.36. The van der Waals surface area contributed by atoms with Crippen LogP contribution in [-0.2, 0) is 13.1 Å². The highest BCUT2D eigenvalue weighted by atomic mass is 35.5. The molecular formula is C20H18ClN3O2. The maximum Gasteiger partial charge on any atom is 0.319 e. The Bertz CT molecular complexity index is 952. The predicted molar refractivity (Wildman–Crippen MR) is 104 cm³/mol. The first-order chi connectivity index (χ1) is 12.6. The van der Waals surface area contributed by atoms with Crippen LogP contribution in [0.1, 0.15) is 11.1 Å². The van der Waals surface area contributed by atoms with Crippen molar-refractivity contribution in [3.63, 3.8) is 0 Å². The van der Waals surface area contributed by atoms with Crippen LogP contribution in [0.4, 0.5) is 10.5 Å². The number of carbonyl (C=O) groups is 1. The number of aromatic nitrogens is 1. The van der Waals surface area contributed by atoms with Gasteiger partial charge in [0.25, 0.3) is 5.56 Å². The maximum absolute atomic E-state index is 11.9. The molecule has 2 amide bonds. The summed E-state index contributed by atoms with van der Waals surface area (Å²) in [5.41, 5.74) is 2.59. The van der Waals surface area contributed by atoms with Crippen molar-refractivity contribution in [2.24, 2.45) is 0 Å². The first-order valence-electron chi connectivity index (χ1n) is 8.14. The van der Waals surface area contributed by atoms with Gasteiger partial charge in [-0.1, -0.05) is 48.0 Å². The van der Waals surface area contributed by atoms with Crippen LogP contribution in [0, 0.1) is 0 Å². The number of carbonyl (C=O) groups excluding carboxylic acids is 1. The number of hydrogen-bond acceptors (Lipinski definition) is 2. The molecule has 1 aromatic heterocycles. The fourth-order valence-electron chi connectivity index (χ4n) is 2.47. The minimum atomic E-state index is -0.299. The molecule has 0 aliphatic heterocycles. The monoisotopic (exact) mass is 367 g/mol. The molecule has 0 aliphatic rings. The van der Waals surface area contributed by atoms with E-state index in [1.54, 1.807) is 41.1 Å². The van der Waals surface area contributed by atoms with Crippen LogP contribution in [0.3, 0.4) is 0 Å². The van der Waals surface area contributed by atoms with Crippen LogP contribution in [0.25, 0.3) is 0 Å². The normalized spacial score (nSPS) is 10.3. The Morgan fingerprint density at radius 1 is 0.962 bits per heavy atom. The standard InChI is InChI=1S/C20H18ClN3O2/c21-17-4-3-5-18(12-17)23-20(26)22-13-15-7-9-16(10-8-15)14-24-11-2-1-6-19(24)25/h1-12H,13-14H2,(H2,22,23,26). The third-order valence-electron chi connectivity index (χ3n) is 3.81. The van der Waals surface area contributed by atoms with E-state index in [9.17, 15) is 9.59 Å². The van der Waals surface area contributed by atoms with Gasteiger partial charge in [0.15, 0.2) is 0 Å². The van der Waals surface area contributed by atoms with Crippen molar-refractivity contribution in [1.82, 2.24) is 9.88 Å². The van der Waals surface area contributed by atoms with Crippen molar-refractivity contribution < 1.29 is 4.79 Å². The van der Waals surface area contributed by atoms with Crippen molar-refractivity contribution in [2.45, 2.75) is 13.1 Å². The number of benzene rings is 2. The van der Waals surface area contributed by atoms with Gasteiger partial charge in [0, 0.05) is 29.5 Å². The van der Waals surface area contributed by atoms with Gasteiger partial charge in [-0.25, -0.2) is 4.79 Å². The van der Waals surface area contributed by atoms with Crippen LogP contribution >= 0.6 is 11.6 Å². The van der Waals surface area contributed by atoms with Crippen molar-refractivity contribution in [3.8, 4) is 0 Å². The molecule has 132 valence electrons. The molecule has 5 nitrogen and oxygen atoms in total. The molecule has 6 heteroatoms. The lowest BCUT2D eigenvalue weighted by Gasteiger charge is -2.09. The second-order valence-electron chi connectivity index (χ2n) is 5.80. The number of pyridine rings is 1. The summed E-state index contributed by atoms with van der Waals surface area (Å²) in [5, 5.41) is 6.09. The maximum atomic E-state index is 11.9. The lowest BCUT2D eigenvalue weighted by Crippen LogP contribution is -2.28. The summed E-state index contributed by atoms with van der Waals surface area (Å²) in [7, 11) is 0. The molecule has 3 rings (SSSR count). The number of urea groups is 1. The number of nitrogens with zero attached hydrogens (tertiary/aromatic N) is 1. The molecule has 3 aromatic rings. The Balaban J connectivity index is 1.53. The quantitative estimate of drug-likeness (QED) is 0.719. The highest BCUT2D eigenvalue weighted by molar-refractivity contribution is 6.30. The number of rotatable bonds is 5. The summed E-state index contributed by atoms with van der Waals surface area (Å²) < 4.78 is 1.64. The summed E-state index contributed by atoms with van der Waals surface area (Å²) >= 11 is 5.89. The summed E-state index contributed by atoms with van der Waals surface area (Å²) in [5.74, 6) is 0. The van der Waals surface area contributed by atoms with E-state index in [1.807, 2.05) is 30.3 Å². The van der Waals surface area contributed by atoms with Crippen LogP contribution < -0.4 is 16.2 Å². The summed E-state index contributed by atoms with van der Waals surface area (Å²) in [6.07, 6.45) is 1.76. The van der Waals surface area contributed by atoms with Gasteiger partial charge < -0.3 is 15.2 Å². The molecule has 0 saturated heterocycles. The van der Waals surface area contributed by atoms with Crippen LogP contribution in [0.15, 0.2) is 77.7 Å². The molecule has 0 saturated carbocycles. The molecule has 2 aromatic carbocycles. The van der Waals surface area contributed by atoms with Crippen LogP contribution in [-0.4, -0.2) is 10.6 Å². The van der Waals surface area contributed by atoms with Gasteiger partial charge in [-0.3, -0.25) is 4.79 Å². The number of nitrogens with one attached hydrogen (secondary N) is 2. The SMILES string of the molecule is O=C(NCc1ccc(Cn2ccccc2=O)cc1)Nc1cccc(Cl)c1. The molecule has 0 atom stereocenters. The Morgan fingerprint density at radius 2 is 1.73 bits per heavy atom. The van der Waals surface area contributed by atoms with Crippen molar-refractivity contribution in [3.05, 3.63) is 99.4 Å². The number of halogens is 1. The van der Waals surface area contributed by atoms with Crippen molar-refractivity contribution in [2.75, 3.05) is 5.32 Å².